The Morgan fingerprint density at radius 2 is 2.40 bits per heavy atom. The second-order valence-electron chi connectivity index (χ2n) is 4.24. The lowest BCUT2D eigenvalue weighted by molar-refractivity contribution is -0.135. The number of carbonyl (C=O) groups is 1. The zero-order valence-corrected chi connectivity index (χ0v) is 9.74. The number of nitrogens with two attached hydrogens (primary N) is 1. The summed E-state index contributed by atoms with van der Waals surface area (Å²) in [7, 11) is 0. The maximum atomic E-state index is 11.9. The normalized spacial score (nSPS) is 22.7. The molecule has 0 bridgehead atoms. The molecule has 1 heterocycles. The largest absolute Gasteiger partial charge is 0.381 e. The lowest BCUT2D eigenvalue weighted by Gasteiger charge is -2.26. The van der Waals surface area contributed by atoms with Gasteiger partial charge >= 0.3 is 0 Å². The molecule has 1 amide bonds. The van der Waals surface area contributed by atoms with Crippen LogP contribution in [0, 0.1) is 11.8 Å². The van der Waals surface area contributed by atoms with E-state index in [-0.39, 0.29) is 11.8 Å². The Bertz CT molecular complexity index is 203. The third-order valence-corrected chi connectivity index (χ3v) is 2.97. The fraction of sp³-hybridized carbons (Fsp3) is 0.909. The van der Waals surface area contributed by atoms with E-state index >= 15 is 0 Å². The second-order valence-corrected chi connectivity index (χ2v) is 4.24. The minimum atomic E-state index is -0.0627. The van der Waals surface area contributed by atoms with Gasteiger partial charge in [0.15, 0.2) is 0 Å². The molecule has 88 valence electrons. The van der Waals surface area contributed by atoms with Gasteiger partial charge in [0, 0.05) is 38.1 Å². The standard InChI is InChI=1S/C11H22N2O2/c1-3-13(11(14)9(2)6-12)7-10-4-5-15-8-10/h9-10H,3-8,12H2,1-2H3. The van der Waals surface area contributed by atoms with Crippen LogP contribution < -0.4 is 5.73 Å². The molecule has 1 fully saturated rings. The van der Waals surface area contributed by atoms with Crippen molar-refractivity contribution >= 4 is 5.91 Å². The first-order valence-electron chi connectivity index (χ1n) is 5.75. The molecule has 0 radical (unpaired) electrons. The van der Waals surface area contributed by atoms with Crippen LogP contribution in [-0.2, 0) is 9.53 Å². The molecule has 2 N–H and O–H groups in total. The van der Waals surface area contributed by atoms with Crippen molar-refractivity contribution in [3.8, 4) is 0 Å². The molecule has 1 aliphatic heterocycles. The summed E-state index contributed by atoms with van der Waals surface area (Å²) >= 11 is 0. The van der Waals surface area contributed by atoms with Gasteiger partial charge in [-0.1, -0.05) is 6.92 Å². The number of rotatable bonds is 5. The number of nitrogens with zero attached hydrogens (tertiary/aromatic N) is 1. The highest BCUT2D eigenvalue weighted by molar-refractivity contribution is 5.78. The third-order valence-electron chi connectivity index (χ3n) is 2.97. The molecule has 2 unspecified atom stereocenters. The summed E-state index contributed by atoms with van der Waals surface area (Å²) in [6.45, 7) is 7.53. The highest BCUT2D eigenvalue weighted by atomic mass is 16.5. The third kappa shape index (κ3) is 3.47. The average Bonchev–Trinajstić information content (AvgIpc) is 2.76. The fourth-order valence-corrected chi connectivity index (χ4v) is 1.83. The lowest BCUT2D eigenvalue weighted by atomic mass is 10.1. The second kappa shape index (κ2) is 6.08. The lowest BCUT2D eigenvalue weighted by Crippen LogP contribution is -2.40. The van der Waals surface area contributed by atoms with E-state index in [2.05, 4.69) is 0 Å². The molecule has 0 aromatic heterocycles. The van der Waals surface area contributed by atoms with Crippen molar-refractivity contribution < 1.29 is 9.53 Å². The van der Waals surface area contributed by atoms with E-state index in [1.807, 2.05) is 18.7 Å². The summed E-state index contributed by atoms with van der Waals surface area (Å²) in [6.07, 6.45) is 1.07. The van der Waals surface area contributed by atoms with E-state index in [4.69, 9.17) is 10.5 Å². The van der Waals surface area contributed by atoms with Crippen molar-refractivity contribution in [1.82, 2.24) is 4.90 Å². The average molecular weight is 214 g/mol. The Morgan fingerprint density at radius 3 is 2.87 bits per heavy atom. The van der Waals surface area contributed by atoms with E-state index in [0.717, 1.165) is 32.7 Å². The fourth-order valence-electron chi connectivity index (χ4n) is 1.83. The Balaban J connectivity index is 2.43. The van der Waals surface area contributed by atoms with Crippen LogP contribution in [0.4, 0.5) is 0 Å². The molecule has 0 saturated carbocycles. The Kier molecular flexibility index (Phi) is 5.05. The molecule has 1 rings (SSSR count). The smallest absolute Gasteiger partial charge is 0.226 e. The predicted molar refractivity (Wildman–Crippen MR) is 59.4 cm³/mol. The molecule has 0 aliphatic carbocycles. The van der Waals surface area contributed by atoms with Gasteiger partial charge < -0.3 is 15.4 Å². The zero-order valence-electron chi connectivity index (χ0n) is 9.74. The molecule has 1 aliphatic rings. The number of hydrogen-bond acceptors (Lipinski definition) is 3. The van der Waals surface area contributed by atoms with Crippen LogP contribution >= 0.6 is 0 Å². The zero-order chi connectivity index (χ0) is 11.3. The molecule has 0 aromatic rings. The van der Waals surface area contributed by atoms with Crippen LogP contribution in [0.15, 0.2) is 0 Å². The minimum Gasteiger partial charge on any atom is -0.381 e. The van der Waals surface area contributed by atoms with Crippen molar-refractivity contribution in [2.45, 2.75) is 20.3 Å². The molecular weight excluding hydrogens is 192 g/mol. The van der Waals surface area contributed by atoms with Gasteiger partial charge in [0.1, 0.15) is 0 Å². The summed E-state index contributed by atoms with van der Waals surface area (Å²) in [5.74, 6) is 0.623. The topological polar surface area (TPSA) is 55.6 Å². The first-order chi connectivity index (χ1) is 7.19. The van der Waals surface area contributed by atoms with Crippen molar-refractivity contribution in [3.63, 3.8) is 0 Å². The Hall–Kier alpha value is -0.610. The molecule has 4 nitrogen and oxygen atoms in total. The van der Waals surface area contributed by atoms with Crippen LogP contribution in [0.5, 0.6) is 0 Å². The molecule has 0 spiro atoms. The summed E-state index contributed by atoms with van der Waals surface area (Å²) in [6, 6.07) is 0. The predicted octanol–water partition coefficient (Wildman–Crippen LogP) is 0.466. The number of ether oxygens (including phenoxy) is 1. The maximum Gasteiger partial charge on any atom is 0.226 e. The van der Waals surface area contributed by atoms with E-state index in [1.165, 1.54) is 0 Å². The summed E-state index contributed by atoms with van der Waals surface area (Å²) in [4.78, 5) is 13.8. The van der Waals surface area contributed by atoms with E-state index in [0.29, 0.717) is 12.5 Å². The van der Waals surface area contributed by atoms with Crippen LogP contribution in [0.1, 0.15) is 20.3 Å². The van der Waals surface area contributed by atoms with Gasteiger partial charge in [-0.3, -0.25) is 4.79 Å². The molecular formula is C11H22N2O2. The molecule has 1 saturated heterocycles. The van der Waals surface area contributed by atoms with Crippen LogP contribution in [0.25, 0.3) is 0 Å². The van der Waals surface area contributed by atoms with E-state index in [1.54, 1.807) is 0 Å². The van der Waals surface area contributed by atoms with Gasteiger partial charge in [-0.25, -0.2) is 0 Å². The van der Waals surface area contributed by atoms with E-state index < -0.39 is 0 Å². The number of hydrogen-bond donors (Lipinski definition) is 1. The summed E-state index contributed by atoms with van der Waals surface area (Å²) < 4.78 is 5.31. The van der Waals surface area contributed by atoms with Crippen molar-refractivity contribution in [3.05, 3.63) is 0 Å². The van der Waals surface area contributed by atoms with Gasteiger partial charge in [0.25, 0.3) is 0 Å². The van der Waals surface area contributed by atoms with Gasteiger partial charge in [0.2, 0.25) is 5.91 Å². The van der Waals surface area contributed by atoms with Gasteiger partial charge in [0.05, 0.1) is 6.61 Å². The van der Waals surface area contributed by atoms with Crippen molar-refractivity contribution in [2.24, 2.45) is 17.6 Å². The van der Waals surface area contributed by atoms with Crippen LogP contribution in [-0.4, -0.2) is 43.7 Å². The van der Waals surface area contributed by atoms with Crippen LogP contribution in [0.3, 0.4) is 0 Å². The quantitative estimate of drug-likeness (QED) is 0.723. The molecule has 0 aromatic carbocycles. The summed E-state index contributed by atoms with van der Waals surface area (Å²) in [5.41, 5.74) is 5.50. The maximum absolute atomic E-state index is 11.9. The van der Waals surface area contributed by atoms with Crippen molar-refractivity contribution in [2.75, 3.05) is 32.8 Å². The van der Waals surface area contributed by atoms with Crippen LogP contribution in [0.2, 0.25) is 0 Å². The number of amides is 1. The SMILES string of the molecule is CCN(CC1CCOC1)C(=O)C(C)CN. The van der Waals surface area contributed by atoms with Gasteiger partial charge in [-0.15, -0.1) is 0 Å². The molecule has 15 heavy (non-hydrogen) atoms. The summed E-state index contributed by atoms with van der Waals surface area (Å²) in [5, 5.41) is 0. The highest BCUT2D eigenvalue weighted by Crippen LogP contribution is 2.15. The van der Waals surface area contributed by atoms with E-state index in [9.17, 15) is 4.79 Å². The molecule has 2 atom stereocenters. The highest BCUT2D eigenvalue weighted by Gasteiger charge is 2.23. The van der Waals surface area contributed by atoms with Gasteiger partial charge in [-0.2, -0.15) is 0 Å². The van der Waals surface area contributed by atoms with Crippen molar-refractivity contribution in [1.29, 1.82) is 0 Å². The monoisotopic (exact) mass is 214 g/mol. The minimum absolute atomic E-state index is 0.0627. The number of carbonyl (C=O) groups excluding carboxylic acids is 1. The Morgan fingerprint density at radius 1 is 1.67 bits per heavy atom. The van der Waals surface area contributed by atoms with Gasteiger partial charge in [-0.05, 0) is 13.3 Å². The Labute approximate surface area is 91.8 Å². The first kappa shape index (κ1) is 12.5. The first-order valence-corrected chi connectivity index (χ1v) is 5.75. The molecule has 4 heteroatoms.